The average molecular weight is 382 g/mol. The van der Waals surface area contributed by atoms with Crippen molar-refractivity contribution < 1.29 is 13.2 Å². The number of pyridine rings is 1. The first kappa shape index (κ1) is 22.8. The third-order valence-electron chi connectivity index (χ3n) is 4.70. The van der Waals surface area contributed by atoms with E-state index in [1.807, 2.05) is 0 Å². The summed E-state index contributed by atoms with van der Waals surface area (Å²) >= 11 is 0. The molecule has 0 amide bonds. The fourth-order valence-electron chi connectivity index (χ4n) is 3.04. The van der Waals surface area contributed by atoms with Gasteiger partial charge in [0.1, 0.15) is 0 Å². The van der Waals surface area contributed by atoms with Gasteiger partial charge in [0.2, 0.25) is 0 Å². The lowest BCUT2D eigenvalue weighted by atomic mass is 10.0. The summed E-state index contributed by atoms with van der Waals surface area (Å²) < 4.78 is 24.1. The monoisotopic (exact) mass is 381 g/mol. The van der Waals surface area contributed by atoms with Crippen molar-refractivity contribution in [3.63, 3.8) is 0 Å². The molecule has 0 aromatic carbocycles. The van der Waals surface area contributed by atoms with Crippen molar-refractivity contribution in [2.75, 3.05) is 0 Å². The highest BCUT2D eigenvalue weighted by Gasteiger charge is 2.24. The van der Waals surface area contributed by atoms with Crippen LogP contribution in [0.3, 0.4) is 0 Å². The smallest absolute Gasteiger partial charge is 0.257 e. The zero-order valence-electron chi connectivity index (χ0n) is 16.3. The van der Waals surface area contributed by atoms with Gasteiger partial charge in [0.15, 0.2) is 5.03 Å². The van der Waals surface area contributed by atoms with Gasteiger partial charge in [-0.05, 0) is 18.6 Å². The molecular formula is C21H35NO3S. The summed E-state index contributed by atoms with van der Waals surface area (Å²) in [6.45, 7) is 2.25. The summed E-state index contributed by atoms with van der Waals surface area (Å²) in [5, 5.41) is -0.848. The van der Waals surface area contributed by atoms with Gasteiger partial charge in [0.25, 0.3) is 15.0 Å². The molecule has 148 valence electrons. The van der Waals surface area contributed by atoms with E-state index in [0.717, 1.165) is 12.8 Å². The third-order valence-corrected chi connectivity index (χ3v) is 6.29. The first-order valence-corrected chi connectivity index (χ1v) is 11.8. The van der Waals surface area contributed by atoms with Gasteiger partial charge in [-0.2, -0.15) is 0 Å². The maximum Gasteiger partial charge on any atom is 0.257 e. The number of nitrogens with zero attached hydrogens (tertiary/aromatic N) is 1. The summed E-state index contributed by atoms with van der Waals surface area (Å²) in [6.07, 6.45) is 17.3. The number of aromatic nitrogens is 1. The Morgan fingerprint density at radius 2 is 1.31 bits per heavy atom. The third kappa shape index (κ3) is 9.46. The topological polar surface area (TPSA) is 64.1 Å². The lowest BCUT2D eigenvalue weighted by Crippen LogP contribution is -2.15. The van der Waals surface area contributed by atoms with Gasteiger partial charge in [-0.25, -0.2) is 13.4 Å². The van der Waals surface area contributed by atoms with Crippen LogP contribution in [0.15, 0.2) is 29.4 Å². The van der Waals surface area contributed by atoms with E-state index >= 15 is 0 Å². The first-order chi connectivity index (χ1) is 12.6. The Morgan fingerprint density at radius 3 is 1.77 bits per heavy atom. The highest BCUT2D eigenvalue weighted by molar-refractivity contribution is 8.06. The Kier molecular flexibility index (Phi) is 12.2. The molecule has 26 heavy (non-hydrogen) atoms. The fraction of sp³-hybridized carbons (Fsp3) is 0.714. The molecule has 0 saturated heterocycles. The lowest BCUT2D eigenvalue weighted by molar-refractivity contribution is -0.111. The van der Waals surface area contributed by atoms with E-state index in [1.54, 1.807) is 12.1 Å². The second-order valence-corrected chi connectivity index (χ2v) is 8.92. The highest BCUT2D eigenvalue weighted by Crippen LogP contribution is 2.15. The Bertz CT molecular complexity index is 585. The molecule has 0 radical (unpaired) electrons. The van der Waals surface area contributed by atoms with Gasteiger partial charge >= 0.3 is 0 Å². The zero-order valence-corrected chi connectivity index (χ0v) is 17.1. The van der Waals surface area contributed by atoms with Crippen LogP contribution in [0.4, 0.5) is 0 Å². The second kappa shape index (κ2) is 13.9. The van der Waals surface area contributed by atoms with E-state index in [-0.39, 0.29) is 11.4 Å². The van der Waals surface area contributed by atoms with Crippen molar-refractivity contribution in [3.8, 4) is 0 Å². The molecule has 0 aliphatic carbocycles. The summed E-state index contributed by atoms with van der Waals surface area (Å²) in [6, 6.07) is 4.59. The van der Waals surface area contributed by atoms with Crippen molar-refractivity contribution in [3.05, 3.63) is 24.4 Å². The first-order valence-electron chi connectivity index (χ1n) is 10.3. The minimum atomic E-state index is -3.91. The largest absolute Gasteiger partial charge is 0.281 e. The maximum atomic E-state index is 12.1. The molecule has 0 bridgehead atoms. The van der Waals surface area contributed by atoms with Crippen molar-refractivity contribution in [2.24, 2.45) is 0 Å². The standard InChI is InChI=1S/C21H35NO3S/c1-2-3-4-5-6-7-8-9-10-11-12-13-14-18-21(23)26(24,25)20-17-15-16-19-22-20/h15-17,19H,2-14,18H2,1H3. The van der Waals surface area contributed by atoms with E-state index in [0.29, 0.717) is 6.42 Å². The highest BCUT2D eigenvalue weighted by atomic mass is 32.2. The van der Waals surface area contributed by atoms with Crippen LogP contribution >= 0.6 is 0 Å². The minimum Gasteiger partial charge on any atom is -0.281 e. The van der Waals surface area contributed by atoms with E-state index < -0.39 is 15.0 Å². The fourth-order valence-corrected chi connectivity index (χ4v) is 4.15. The number of rotatable bonds is 15. The van der Waals surface area contributed by atoms with E-state index in [9.17, 15) is 13.2 Å². The zero-order chi connectivity index (χ0) is 19.1. The number of carbonyl (C=O) groups excluding carboxylic acids is 1. The number of hydrogen-bond donors (Lipinski definition) is 0. The van der Waals surface area contributed by atoms with Crippen molar-refractivity contribution in [1.29, 1.82) is 0 Å². The molecule has 0 unspecified atom stereocenters. The number of hydrogen-bond acceptors (Lipinski definition) is 4. The molecule has 1 heterocycles. The minimum absolute atomic E-state index is 0.0939. The van der Waals surface area contributed by atoms with Crippen LogP contribution in [0.5, 0.6) is 0 Å². The lowest BCUT2D eigenvalue weighted by Gasteiger charge is -2.04. The van der Waals surface area contributed by atoms with Crippen molar-refractivity contribution in [1.82, 2.24) is 4.98 Å². The second-order valence-electron chi connectivity index (χ2n) is 7.04. The predicted molar refractivity (Wildman–Crippen MR) is 107 cm³/mol. The van der Waals surface area contributed by atoms with Gasteiger partial charge in [-0.1, -0.05) is 90.0 Å². The van der Waals surface area contributed by atoms with E-state index in [4.69, 9.17) is 0 Å². The van der Waals surface area contributed by atoms with Crippen LogP contribution in [-0.4, -0.2) is 18.5 Å². The van der Waals surface area contributed by atoms with Gasteiger partial charge < -0.3 is 0 Å². The van der Waals surface area contributed by atoms with E-state index in [1.165, 1.54) is 76.5 Å². The predicted octanol–water partition coefficient (Wildman–Crippen LogP) is 5.86. The number of carbonyl (C=O) groups is 1. The molecular weight excluding hydrogens is 346 g/mol. The van der Waals surface area contributed by atoms with Crippen molar-refractivity contribution in [2.45, 2.75) is 102 Å². The van der Waals surface area contributed by atoms with Crippen molar-refractivity contribution >= 4 is 15.0 Å². The number of sulfone groups is 1. The molecule has 0 saturated carbocycles. The van der Waals surface area contributed by atoms with Crippen LogP contribution in [-0.2, 0) is 14.6 Å². The molecule has 0 spiro atoms. The Balaban J connectivity index is 2.00. The van der Waals surface area contributed by atoms with Crippen LogP contribution < -0.4 is 0 Å². The summed E-state index contributed by atoms with van der Waals surface area (Å²) in [5.74, 6) is 0. The van der Waals surface area contributed by atoms with Gasteiger partial charge in [-0.15, -0.1) is 0 Å². The molecule has 0 fully saturated rings. The van der Waals surface area contributed by atoms with Gasteiger partial charge in [0, 0.05) is 12.6 Å². The summed E-state index contributed by atoms with van der Waals surface area (Å²) in [4.78, 5) is 15.7. The SMILES string of the molecule is CCCCCCCCCCCCCCCC(=O)S(=O)(=O)c1ccccn1. The number of unbranched alkanes of at least 4 members (excludes halogenated alkanes) is 12. The molecule has 0 atom stereocenters. The quantitative estimate of drug-likeness (QED) is 0.357. The average Bonchev–Trinajstić information content (AvgIpc) is 2.66. The Labute approximate surface area is 159 Å². The molecule has 0 aliphatic heterocycles. The van der Waals surface area contributed by atoms with Crippen LogP contribution in [0.25, 0.3) is 0 Å². The summed E-state index contributed by atoms with van der Waals surface area (Å²) in [5.41, 5.74) is 0. The Morgan fingerprint density at radius 1 is 0.808 bits per heavy atom. The molecule has 0 N–H and O–H groups in total. The molecule has 4 nitrogen and oxygen atoms in total. The summed E-state index contributed by atoms with van der Waals surface area (Å²) in [7, 11) is -3.91. The Hall–Kier alpha value is -1.23. The normalized spacial score (nSPS) is 11.6. The molecule has 1 aromatic heterocycles. The molecule has 5 heteroatoms. The van der Waals surface area contributed by atoms with Crippen LogP contribution in [0.2, 0.25) is 0 Å². The van der Waals surface area contributed by atoms with Crippen LogP contribution in [0.1, 0.15) is 96.8 Å². The van der Waals surface area contributed by atoms with Crippen LogP contribution in [0, 0.1) is 0 Å². The molecule has 1 rings (SSSR count). The van der Waals surface area contributed by atoms with E-state index in [2.05, 4.69) is 11.9 Å². The van der Waals surface area contributed by atoms with Gasteiger partial charge in [-0.3, -0.25) is 4.79 Å². The van der Waals surface area contributed by atoms with Gasteiger partial charge in [0.05, 0.1) is 0 Å². The maximum absolute atomic E-state index is 12.1. The molecule has 1 aromatic rings. The molecule has 0 aliphatic rings.